The number of hydrogen-bond donors (Lipinski definition) is 0. The van der Waals surface area contributed by atoms with Crippen molar-refractivity contribution in [2.75, 3.05) is 37.9 Å². The third kappa shape index (κ3) is 3.42. The lowest BCUT2D eigenvalue weighted by Crippen LogP contribution is -2.34. The molecule has 5 rings (SSSR count). The van der Waals surface area contributed by atoms with Gasteiger partial charge in [0.05, 0.1) is 25.5 Å². The number of fused-ring (bicyclic) bond motifs is 3. The molecule has 7 heteroatoms. The maximum Gasteiger partial charge on any atom is 0.227 e. The van der Waals surface area contributed by atoms with Gasteiger partial charge in [-0.1, -0.05) is 6.07 Å². The van der Waals surface area contributed by atoms with Crippen LogP contribution in [0.15, 0.2) is 29.1 Å². The lowest BCUT2D eigenvalue weighted by atomic mass is 9.94. The standard InChI is InChI=1S/C23H26N2O5/c1-15-20(26)12-22(30-14-18-13-28-9-10-29-18)25-8-6-16-11-17(4-5-19(16)23(15)25)24-7-2-3-21(24)27/h4-5,11-12,18H,2-3,6-10,13-14H2,1H3/t18-/m0/s1. The maximum absolute atomic E-state index is 12.7. The Labute approximate surface area is 175 Å². The van der Waals surface area contributed by atoms with E-state index in [0.29, 0.717) is 44.3 Å². The van der Waals surface area contributed by atoms with E-state index in [0.717, 1.165) is 48.4 Å². The summed E-state index contributed by atoms with van der Waals surface area (Å²) in [5.41, 5.74) is 4.73. The predicted octanol–water partition coefficient (Wildman–Crippen LogP) is 2.30. The van der Waals surface area contributed by atoms with Crippen LogP contribution in [0, 0.1) is 6.92 Å². The summed E-state index contributed by atoms with van der Waals surface area (Å²) in [5.74, 6) is 0.752. The number of carbonyl (C=O) groups is 1. The first-order valence-electron chi connectivity index (χ1n) is 10.6. The molecule has 158 valence electrons. The van der Waals surface area contributed by atoms with Crippen LogP contribution in [-0.2, 0) is 27.2 Å². The number of pyridine rings is 1. The fourth-order valence-corrected chi connectivity index (χ4v) is 4.57. The second kappa shape index (κ2) is 7.89. The molecule has 0 N–H and O–H groups in total. The first-order chi connectivity index (χ1) is 14.6. The molecule has 3 aliphatic heterocycles. The zero-order valence-electron chi connectivity index (χ0n) is 17.2. The third-order valence-corrected chi connectivity index (χ3v) is 6.15. The van der Waals surface area contributed by atoms with Gasteiger partial charge in [0, 0.05) is 42.4 Å². The van der Waals surface area contributed by atoms with Gasteiger partial charge in [0.2, 0.25) is 5.91 Å². The van der Waals surface area contributed by atoms with Crippen molar-refractivity contribution in [1.82, 2.24) is 4.57 Å². The first kappa shape index (κ1) is 19.3. The van der Waals surface area contributed by atoms with Crippen LogP contribution < -0.4 is 15.1 Å². The Morgan fingerprint density at radius 3 is 2.80 bits per heavy atom. The molecule has 1 aromatic carbocycles. The lowest BCUT2D eigenvalue weighted by molar-refractivity contribution is -0.117. The summed E-state index contributed by atoms with van der Waals surface area (Å²) in [4.78, 5) is 26.7. The molecule has 1 aromatic heterocycles. The zero-order valence-corrected chi connectivity index (χ0v) is 17.2. The monoisotopic (exact) mass is 410 g/mol. The number of aromatic nitrogens is 1. The Kier molecular flexibility index (Phi) is 5.08. The normalized spacial score (nSPS) is 20.8. The van der Waals surface area contributed by atoms with Gasteiger partial charge in [-0.25, -0.2) is 0 Å². The highest BCUT2D eigenvalue weighted by molar-refractivity contribution is 5.95. The molecule has 7 nitrogen and oxygen atoms in total. The second-order valence-corrected chi connectivity index (χ2v) is 8.09. The molecule has 0 bridgehead atoms. The quantitative estimate of drug-likeness (QED) is 0.774. The minimum atomic E-state index is -0.122. The van der Waals surface area contributed by atoms with Crippen molar-refractivity contribution in [2.45, 2.75) is 38.8 Å². The number of carbonyl (C=O) groups excluding carboxylic acids is 1. The van der Waals surface area contributed by atoms with Gasteiger partial charge >= 0.3 is 0 Å². The van der Waals surface area contributed by atoms with E-state index in [4.69, 9.17) is 14.2 Å². The molecule has 2 aromatic rings. The van der Waals surface area contributed by atoms with Crippen molar-refractivity contribution in [3.63, 3.8) is 0 Å². The van der Waals surface area contributed by atoms with E-state index in [1.807, 2.05) is 24.0 Å². The fraction of sp³-hybridized carbons (Fsp3) is 0.478. The van der Waals surface area contributed by atoms with E-state index in [-0.39, 0.29) is 17.4 Å². The summed E-state index contributed by atoms with van der Waals surface area (Å²) in [6.07, 6.45) is 2.22. The van der Waals surface area contributed by atoms with Gasteiger partial charge in [0.1, 0.15) is 12.7 Å². The number of hydrogen-bond acceptors (Lipinski definition) is 5. The summed E-state index contributed by atoms with van der Waals surface area (Å²) in [6, 6.07) is 7.70. The number of amides is 1. The van der Waals surface area contributed by atoms with E-state index in [1.54, 1.807) is 6.07 Å². The van der Waals surface area contributed by atoms with Gasteiger partial charge in [-0.05, 0) is 37.5 Å². The Bertz CT molecular complexity index is 1040. The van der Waals surface area contributed by atoms with Crippen molar-refractivity contribution >= 4 is 11.6 Å². The number of anilines is 1. The average Bonchev–Trinajstić information content (AvgIpc) is 3.21. The topological polar surface area (TPSA) is 70.0 Å². The highest BCUT2D eigenvalue weighted by Crippen LogP contribution is 2.36. The average molecular weight is 410 g/mol. The molecule has 30 heavy (non-hydrogen) atoms. The Morgan fingerprint density at radius 1 is 1.13 bits per heavy atom. The highest BCUT2D eigenvalue weighted by Gasteiger charge is 2.26. The van der Waals surface area contributed by atoms with E-state index >= 15 is 0 Å². The van der Waals surface area contributed by atoms with Crippen LogP contribution in [0.1, 0.15) is 24.0 Å². The van der Waals surface area contributed by atoms with Crippen molar-refractivity contribution in [3.05, 3.63) is 45.6 Å². The van der Waals surface area contributed by atoms with Crippen LogP contribution in [0.3, 0.4) is 0 Å². The summed E-state index contributed by atoms with van der Waals surface area (Å²) in [7, 11) is 0. The number of nitrogens with zero attached hydrogens (tertiary/aromatic N) is 2. The highest BCUT2D eigenvalue weighted by atomic mass is 16.6. The van der Waals surface area contributed by atoms with Gasteiger partial charge in [0.15, 0.2) is 11.3 Å². The summed E-state index contributed by atoms with van der Waals surface area (Å²) in [6.45, 7) is 5.39. The van der Waals surface area contributed by atoms with Crippen LogP contribution in [0.25, 0.3) is 11.3 Å². The lowest BCUT2D eigenvalue weighted by Gasteiger charge is -2.29. The minimum Gasteiger partial charge on any atom is -0.476 e. The van der Waals surface area contributed by atoms with Crippen molar-refractivity contribution < 1.29 is 19.0 Å². The van der Waals surface area contributed by atoms with Crippen LogP contribution >= 0.6 is 0 Å². The van der Waals surface area contributed by atoms with Crippen molar-refractivity contribution in [3.8, 4) is 17.1 Å². The number of benzene rings is 1. The second-order valence-electron chi connectivity index (χ2n) is 8.09. The first-order valence-corrected chi connectivity index (χ1v) is 10.6. The molecular formula is C23H26N2O5. The van der Waals surface area contributed by atoms with Crippen LogP contribution in [-0.4, -0.2) is 49.6 Å². The molecule has 1 atom stereocenters. The van der Waals surface area contributed by atoms with Crippen LogP contribution in [0.2, 0.25) is 0 Å². The number of rotatable bonds is 4. The molecule has 4 heterocycles. The van der Waals surface area contributed by atoms with Crippen LogP contribution in [0.4, 0.5) is 5.69 Å². The molecule has 2 saturated heterocycles. The molecule has 0 unspecified atom stereocenters. The molecular weight excluding hydrogens is 384 g/mol. The smallest absolute Gasteiger partial charge is 0.227 e. The summed E-state index contributed by atoms with van der Waals surface area (Å²) in [5, 5.41) is 0. The molecule has 0 aliphatic carbocycles. The van der Waals surface area contributed by atoms with E-state index in [9.17, 15) is 9.59 Å². The van der Waals surface area contributed by atoms with E-state index < -0.39 is 0 Å². The molecule has 1 amide bonds. The molecule has 0 radical (unpaired) electrons. The van der Waals surface area contributed by atoms with Crippen molar-refractivity contribution in [1.29, 1.82) is 0 Å². The number of ether oxygens (including phenoxy) is 3. The molecule has 3 aliphatic rings. The largest absolute Gasteiger partial charge is 0.476 e. The third-order valence-electron chi connectivity index (χ3n) is 6.15. The van der Waals surface area contributed by atoms with Gasteiger partial charge in [-0.2, -0.15) is 0 Å². The van der Waals surface area contributed by atoms with Gasteiger partial charge in [0.25, 0.3) is 0 Å². The van der Waals surface area contributed by atoms with E-state index in [2.05, 4.69) is 10.6 Å². The summed E-state index contributed by atoms with van der Waals surface area (Å²) >= 11 is 0. The van der Waals surface area contributed by atoms with Gasteiger partial charge in [-0.3, -0.25) is 9.59 Å². The van der Waals surface area contributed by atoms with Crippen molar-refractivity contribution in [2.24, 2.45) is 0 Å². The SMILES string of the molecule is Cc1c2n(c(OC[C@@H]3COCCO3)cc1=O)CCc1cc(N3CCCC3=O)ccc1-2. The Hall–Kier alpha value is -2.64. The molecule has 0 spiro atoms. The Morgan fingerprint density at radius 2 is 2.03 bits per heavy atom. The predicted molar refractivity (Wildman–Crippen MR) is 112 cm³/mol. The van der Waals surface area contributed by atoms with E-state index in [1.165, 1.54) is 0 Å². The number of aryl methyl sites for hydroxylation is 1. The molecule has 0 saturated carbocycles. The van der Waals surface area contributed by atoms with Gasteiger partial charge in [-0.15, -0.1) is 0 Å². The minimum absolute atomic E-state index is 0.0382. The summed E-state index contributed by atoms with van der Waals surface area (Å²) < 4.78 is 19.2. The Balaban J connectivity index is 1.48. The maximum atomic E-state index is 12.7. The fourth-order valence-electron chi connectivity index (χ4n) is 4.57. The van der Waals surface area contributed by atoms with Crippen LogP contribution in [0.5, 0.6) is 5.88 Å². The zero-order chi connectivity index (χ0) is 20.7. The molecule has 2 fully saturated rings. The van der Waals surface area contributed by atoms with Gasteiger partial charge < -0.3 is 23.7 Å².